The minimum Gasteiger partial charge on any atom is -0.478 e. The quantitative estimate of drug-likeness (QED) is 0.723. The van der Waals surface area contributed by atoms with Crippen LogP contribution < -0.4 is 0 Å². The van der Waals surface area contributed by atoms with Gasteiger partial charge in [0.05, 0.1) is 5.60 Å². The number of allylic oxidation sites excluding steroid dienone is 1. The lowest BCUT2D eigenvalue weighted by atomic mass is 9.48. The van der Waals surface area contributed by atoms with Crippen molar-refractivity contribution in [2.45, 2.75) is 70.3 Å². The van der Waals surface area contributed by atoms with Crippen molar-refractivity contribution in [3.05, 3.63) is 23.8 Å². The molecule has 0 heterocycles. The van der Waals surface area contributed by atoms with Crippen LogP contribution in [-0.4, -0.2) is 27.6 Å². The summed E-state index contributed by atoms with van der Waals surface area (Å²) in [5.74, 6) is 1.60. The van der Waals surface area contributed by atoms with Crippen LogP contribution in [0.5, 0.6) is 0 Å². The number of aliphatic hydroxyl groups is 1. The number of hydrogen-bond acceptors (Lipinski definition) is 3. The maximum atomic E-state index is 12.1. The normalized spacial score (nSPS) is 47.3. The Labute approximate surface area is 160 Å². The van der Waals surface area contributed by atoms with Crippen molar-refractivity contribution >= 4 is 11.8 Å². The molecule has 0 bridgehead atoms. The number of carboxylic acids is 1. The predicted octanol–water partition coefficient (Wildman–Crippen LogP) is 3.89. The maximum Gasteiger partial charge on any atom is 0.328 e. The fourth-order valence-corrected chi connectivity index (χ4v) is 7.65. The Morgan fingerprint density at radius 3 is 2.63 bits per heavy atom. The Kier molecular flexibility index (Phi) is 3.64. The van der Waals surface area contributed by atoms with Crippen LogP contribution in [-0.2, 0) is 9.59 Å². The Morgan fingerprint density at radius 1 is 1.15 bits per heavy atom. The van der Waals surface area contributed by atoms with Crippen LogP contribution >= 0.6 is 0 Å². The zero-order chi connectivity index (χ0) is 19.0. The molecular formula is C23H30O4. The lowest BCUT2D eigenvalue weighted by molar-refractivity contribution is -0.132. The number of ketones is 1. The third kappa shape index (κ3) is 2.38. The van der Waals surface area contributed by atoms with E-state index in [-0.39, 0.29) is 10.8 Å². The van der Waals surface area contributed by atoms with E-state index in [9.17, 15) is 14.7 Å². The van der Waals surface area contributed by atoms with Crippen molar-refractivity contribution < 1.29 is 19.8 Å². The van der Waals surface area contributed by atoms with E-state index in [1.54, 1.807) is 6.08 Å². The first-order valence-electron chi connectivity index (χ1n) is 10.7. The molecule has 27 heavy (non-hydrogen) atoms. The zero-order valence-electron chi connectivity index (χ0n) is 16.1. The molecule has 0 amide bonds. The Morgan fingerprint density at radius 2 is 1.93 bits per heavy atom. The first kappa shape index (κ1) is 17.7. The molecule has 4 nitrogen and oxygen atoms in total. The summed E-state index contributed by atoms with van der Waals surface area (Å²) < 4.78 is 0. The highest BCUT2D eigenvalue weighted by Crippen LogP contribution is 2.72. The van der Waals surface area contributed by atoms with Gasteiger partial charge in [-0.1, -0.05) is 12.5 Å². The first-order valence-corrected chi connectivity index (χ1v) is 10.7. The summed E-state index contributed by atoms with van der Waals surface area (Å²) in [6, 6.07) is 0. The molecule has 2 N–H and O–H groups in total. The van der Waals surface area contributed by atoms with Gasteiger partial charge >= 0.3 is 5.97 Å². The number of hydrogen-bond donors (Lipinski definition) is 2. The summed E-state index contributed by atoms with van der Waals surface area (Å²) in [6.07, 6.45) is 13.7. The topological polar surface area (TPSA) is 74.6 Å². The molecule has 5 rings (SSSR count). The van der Waals surface area contributed by atoms with E-state index in [0.717, 1.165) is 31.8 Å². The van der Waals surface area contributed by atoms with Crippen molar-refractivity contribution in [1.29, 1.82) is 0 Å². The zero-order valence-corrected chi connectivity index (χ0v) is 16.1. The monoisotopic (exact) mass is 370 g/mol. The Balaban J connectivity index is 1.49. The van der Waals surface area contributed by atoms with Gasteiger partial charge in [0.2, 0.25) is 0 Å². The van der Waals surface area contributed by atoms with Crippen LogP contribution in [0.25, 0.3) is 0 Å². The average molecular weight is 370 g/mol. The minimum atomic E-state index is -1.00. The van der Waals surface area contributed by atoms with E-state index in [0.29, 0.717) is 42.3 Å². The van der Waals surface area contributed by atoms with E-state index in [1.165, 1.54) is 24.8 Å². The van der Waals surface area contributed by atoms with Gasteiger partial charge in [-0.15, -0.1) is 0 Å². The van der Waals surface area contributed by atoms with Crippen LogP contribution in [0.2, 0.25) is 0 Å². The van der Waals surface area contributed by atoms with Crippen LogP contribution in [0.15, 0.2) is 23.8 Å². The summed E-state index contributed by atoms with van der Waals surface area (Å²) in [6.45, 7) is 2.20. The maximum absolute atomic E-state index is 12.1. The molecule has 0 saturated heterocycles. The third-order valence-corrected chi connectivity index (χ3v) is 9.24. The van der Waals surface area contributed by atoms with Gasteiger partial charge in [0, 0.05) is 17.9 Å². The fraction of sp³-hybridized carbons (Fsp3) is 0.739. The van der Waals surface area contributed by atoms with Gasteiger partial charge in [-0.2, -0.15) is 0 Å². The van der Waals surface area contributed by atoms with E-state index in [1.807, 2.05) is 6.08 Å². The molecule has 0 aromatic rings. The van der Waals surface area contributed by atoms with Crippen molar-refractivity contribution in [3.8, 4) is 0 Å². The molecule has 0 aromatic carbocycles. The van der Waals surface area contributed by atoms with Crippen LogP contribution in [0.4, 0.5) is 0 Å². The molecule has 4 saturated carbocycles. The molecule has 6 atom stereocenters. The molecule has 0 aromatic heterocycles. The number of fused-ring (bicyclic) bond motifs is 6. The fourth-order valence-electron chi connectivity index (χ4n) is 7.65. The molecule has 0 radical (unpaired) electrons. The molecule has 5 aliphatic rings. The number of carboxylic acid groups (broad SMARTS) is 1. The van der Waals surface area contributed by atoms with E-state index in [2.05, 4.69) is 6.92 Å². The number of carbonyl (C=O) groups excluding carboxylic acids is 1. The summed E-state index contributed by atoms with van der Waals surface area (Å²) in [7, 11) is 0. The second-order valence-corrected chi connectivity index (χ2v) is 10.2. The smallest absolute Gasteiger partial charge is 0.328 e. The highest BCUT2D eigenvalue weighted by Gasteiger charge is 2.65. The van der Waals surface area contributed by atoms with E-state index >= 15 is 0 Å². The predicted molar refractivity (Wildman–Crippen MR) is 101 cm³/mol. The molecule has 5 aliphatic carbocycles. The lowest BCUT2D eigenvalue weighted by Gasteiger charge is -2.57. The molecule has 4 fully saturated rings. The van der Waals surface area contributed by atoms with Crippen molar-refractivity contribution in [2.75, 3.05) is 0 Å². The van der Waals surface area contributed by atoms with Gasteiger partial charge in [-0.25, -0.2) is 4.79 Å². The van der Waals surface area contributed by atoms with Gasteiger partial charge in [0.1, 0.15) is 0 Å². The van der Waals surface area contributed by atoms with Gasteiger partial charge < -0.3 is 10.2 Å². The van der Waals surface area contributed by atoms with Gasteiger partial charge in [-0.05, 0) is 92.6 Å². The number of aliphatic carboxylic acids is 1. The number of carbonyl (C=O) groups is 2. The molecule has 4 heteroatoms. The standard InChI is InChI=1S/C23H30O4/c1-21-7-4-15-16-3-2-14(24)12-19(16)22(10-11-22)13-17(15)18(21)5-8-23(21,27)9-6-20(25)26/h6,9,12,15-18,27H,2-5,7-8,10-11,13H2,1H3,(H,25,26)/b9-6-/t15-,16-,17-,18+,21+,23-/m1/s1. The molecule has 0 unspecified atom stereocenters. The first-order chi connectivity index (χ1) is 12.8. The molecule has 1 spiro atoms. The third-order valence-electron chi connectivity index (χ3n) is 9.24. The van der Waals surface area contributed by atoms with Crippen molar-refractivity contribution in [1.82, 2.24) is 0 Å². The summed E-state index contributed by atoms with van der Waals surface area (Å²) in [5.41, 5.74) is 0.512. The Hall–Kier alpha value is -1.42. The van der Waals surface area contributed by atoms with Crippen LogP contribution in [0.3, 0.4) is 0 Å². The highest BCUT2D eigenvalue weighted by atomic mass is 16.4. The molecule has 0 aliphatic heterocycles. The summed E-state index contributed by atoms with van der Waals surface area (Å²) in [5, 5.41) is 20.4. The second kappa shape index (κ2) is 5.56. The van der Waals surface area contributed by atoms with E-state index < -0.39 is 11.6 Å². The van der Waals surface area contributed by atoms with Crippen molar-refractivity contribution in [2.24, 2.45) is 34.5 Å². The van der Waals surface area contributed by atoms with Crippen LogP contribution in [0, 0.1) is 34.5 Å². The molecule has 146 valence electrons. The van der Waals surface area contributed by atoms with Gasteiger partial charge in [-0.3, -0.25) is 4.79 Å². The SMILES string of the molecule is C[C@]12CC[C@H]3[C@@H](CC4(CC4)C4=CC(=O)CC[C@@H]43)[C@@H]1CC[C@@]2(O)/C=C\C(=O)O. The number of rotatable bonds is 2. The van der Waals surface area contributed by atoms with Crippen LogP contribution in [0.1, 0.15) is 64.7 Å². The minimum absolute atomic E-state index is 0.234. The average Bonchev–Trinajstić information content (AvgIpc) is 3.34. The van der Waals surface area contributed by atoms with Gasteiger partial charge in [0.25, 0.3) is 0 Å². The summed E-state index contributed by atoms with van der Waals surface area (Å²) in [4.78, 5) is 23.1. The largest absolute Gasteiger partial charge is 0.478 e. The Bertz CT molecular complexity index is 760. The lowest BCUT2D eigenvalue weighted by Crippen LogP contribution is -2.53. The second-order valence-electron chi connectivity index (χ2n) is 10.2. The van der Waals surface area contributed by atoms with Gasteiger partial charge in [0.15, 0.2) is 5.78 Å². The van der Waals surface area contributed by atoms with E-state index in [4.69, 9.17) is 5.11 Å². The highest BCUT2D eigenvalue weighted by molar-refractivity contribution is 5.91. The summed E-state index contributed by atoms with van der Waals surface area (Å²) >= 11 is 0. The molecular weight excluding hydrogens is 340 g/mol. The van der Waals surface area contributed by atoms with Crippen molar-refractivity contribution in [3.63, 3.8) is 0 Å².